The number of nitrogens with two attached hydrogens (primary N) is 1. The van der Waals surface area contributed by atoms with Crippen LogP contribution in [0.5, 0.6) is 0 Å². The van der Waals surface area contributed by atoms with Gasteiger partial charge in [-0.15, -0.1) is 0 Å². The monoisotopic (exact) mass is 283 g/mol. The molecule has 0 aromatic heterocycles. The molecule has 6 heteroatoms. The number of ether oxygens (including phenoxy) is 1. The largest absolute Gasteiger partial charge is 0.409 e. The average molecular weight is 284 g/mol. The lowest BCUT2D eigenvalue weighted by atomic mass is 10.1. The molecule has 1 aliphatic heterocycles. The third-order valence-corrected chi connectivity index (χ3v) is 3.61. The molecule has 1 aromatic rings. The Morgan fingerprint density at radius 2 is 2.21 bits per heavy atom. The maximum Gasteiger partial charge on any atom is 0.170 e. The summed E-state index contributed by atoms with van der Waals surface area (Å²) in [7, 11) is 0. The predicted molar refractivity (Wildman–Crippen MR) is 74.6 cm³/mol. The van der Waals surface area contributed by atoms with E-state index in [9.17, 15) is 0 Å². The normalized spacial score (nSPS) is 17.6. The zero-order valence-electron chi connectivity index (χ0n) is 10.6. The van der Waals surface area contributed by atoms with E-state index in [0.29, 0.717) is 23.2 Å². The average Bonchev–Trinajstić information content (AvgIpc) is 2.46. The molecule has 5 nitrogen and oxygen atoms in total. The summed E-state index contributed by atoms with van der Waals surface area (Å²) < 4.78 is 5.31. The smallest absolute Gasteiger partial charge is 0.170 e. The summed E-state index contributed by atoms with van der Waals surface area (Å²) in [4.78, 5) is 0. The first-order valence-corrected chi connectivity index (χ1v) is 6.66. The molecule has 4 N–H and O–H groups in total. The summed E-state index contributed by atoms with van der Waals surface area (Å²) in [5.41, 5.74) is 7.13. The first kappa shape index (κ1) is 14.1. The molecule has 0 unspecified atom stereocenters. The third-order valence-electron chi connectivity index (χ3n) is 3.26. The quantitative estimate of drug-likeness (QED) is 0.340. The number of hydrogen-bond acceptors (Lipinski definition) is 4. The van der Waals surface area contributed by atoms with Gasteiger partial charge in [0.05, 0.1) is 0 Å². The van der Waals surface area contributed by atoms with Crippen molar-refractivity contribution in [3.8, 4) is 0 Å². The highest BCUT2D eigenvalue weighted by Gasteiger charge is 2.13. The minimum Gasteiger partial charge on any atom is -0.409 e. The standard InChI is InChI=1S/C13H18ClN3O2/c14-12-7-9(13(15)17-18)1-2-10(12)8-16-11-3-5-19-6-4-11/h1-2,7,11,16,18H,3-6,8H2,(H2,15,17). The second kappa shape index (κ2) is 6.75. The van der Waals surface area contributed by atoms with Crippen molar-refractivity contribution in [2.45, 2.75) is 25.4 Å². The van der Waals surface area contributed by atoms with Gasteiger partial charge in [0.25, 0.3) is 0 Å². The fourth-order valence-corrected chi connectivity index (χ4v) is 2.31. The number of nitrogens with one attached hydrogen (secondary N) is 1. The molecule has 19 heavy (non-hydrogen) atoms. The number of rotatable bonds is 4. The van der Waals surface area contributed by atoms with Crippen molar-refractivity contribution < 1.29 is 9.94 Å². The zero-order chi connectivity index (χ0) is 13.7. The number of nitrogens with zero attached hydrogens (tertiary/aromatic N) is 1. The molecule has 1 saturated heterocycles. The Kier molecular flexibility index (Phi) is 5.01. The molecule has 0 radical (unpaired) electrons. The van der Waals surface area contributed by atoms with Gasteiger partial charge >= 0.3 is 0 Å². The summed E-state index contributed by atoms with van der Waals surface area (Å²) >= 11 is 6.19. The van der Waals surface area contributed by atoms with Crippen LogP contribution in [-0.4, -0.2) is 30.3 Å². The summed E-state index contributed by atoms with van der Waals surface area (Å²) in [5, 5.41) is 15.7. The molecule has 2 rings (SSSR count). The molecular formula is C13H18ClN3O2. The molecule has 0 atom stereocenters. The Morgan fingerprint density at radius 1 is 1.47 bits per heavy atom. The van der Waals surface area contributed by atoms with Crippen LogP contribution in [0.25, 0.3) is 0 Å². The van der Waals surface area contributed by atoms with E-state index in [2.05, 4.69) is 10.5 Å². The van der Waals surface area contributed by atoms with Crippen LogP contribution in [0.1, 0.15) is 24.0 Å². The van der Waals surface area contributed by atoms with Crippen molar-refractivity contribution in [3.05, 3.63) is 34.3 Å². The van der Waals surface area contributed by atoms with Gasteiger partial charge in [-0.25, -0.2) is 0 Å². The molecule has 0 spiro atoms. The summed E-state index contributed by atoms with van der Waals surface area (Å²) in [6.45, 7) is 2.33. The lowest BCUT2D eigenvalue weighted by molar-refractivity contribution is 0.0776. The van der Waals surface area contributed by atoms with Crippen LogP contribution in [0, 0.1) is 0 Å². The van der Waals surface area contributed by atoms with Gasteiger partial charge in [0, 0.05) is 36.4 Å². The van der Waals surface area contributed by atoms with Crippen LogP contribution in [0.2, 0.25) is 5.02 Å². The van der Waals surface area contributed by atoms with Crippen molar-refractivity contribution in [2.75, 3.05) is 13.2 Å². The lowest BCUT2D eigenvalue weighted by Crippen LogP contribution is -2.34. The topological polar surface area (TPSA) is 79.9 Å². The van der Waals surface area contributed by atoms with Crippen LogP contribution < -0.4 is 11.1 Å². The molecule has 0 aliphatic carbocycles. The highest BCUT2D eigenvalue weighted by atomic mass is 35.5. The molecule has 104 valence electrons. The zero-order valence-corrected chi connectivity index (χ0v) is 11.4. The second-order valence-corrected chi connectivity index (χ2v) is 4.97. The van der Waals surface area contributed by atoms with E-state index in [0.717, 1.165) is 31.6 Å². The van der Waals surface area contributed by atoms with Crippen molar-refractivity contribution in [1.82, 2.24) is 5.32 Å². The SMILES string of the molecule is N/C(=N/O)c1ccc(CNC2CCOCC2)c(Cl)c1. The van der Waals surface area contributed by atoms with E-state index in [1.807, 2.05) is 6.07 Å². The molecule has 0 amide bonds. The molecule has 1 fully saturated rings. The number of oxime groups is 1. The minimum atomic E-state index is 0.0610. The Balaban J connectivity index is 1.97. The van der Waals surface area contributed by atoms with Gasteiger partial charge in [-0.05, 0) is 24.5 Å². The van der Waals surface area contributed by atoms with Crippen molar-refractivity contribution >= 4 is 17.4 Å². The van der Waals surface area contributed by atoms with E-state index < -0.39 is 0 Å². The minimum absolute atomic E-state index is 0.0610. The summed E-state index contributed by atoms with van der Waals surface area (Å²) in [6, 6.07) is 5.87. The van der Waals surface area contributed by atoms with E-state index >= 15 is 0 Å². The summed E-state index contributed by atoms with van der Waals surface area (Å²) in [6.07, 6.45) is 2.06. The first-order valence-electron chi connectivity index (χ1n) is 6.28. The maximum atomic E-state index is 8.62. The van der Waals surface area contributed by atoms with Crippen LogP contribution in [0.4, 0.5) is 0 Å². The van der Waals surface area contributed by atoms with Gasteiger partial charge in [0.15, 0.2) is 5.84 Å². The van der Waals surface area contributed by atoms with Gasteiger partial charge < -0.3 is 21.0 Å². The van der Waals surface area contributed by atoms with Gasteiger partial charge in [-0.1, -0.05) is 28.9 Å². The van der Waals surface area contributed by atoms with Crippen molar-refractivity contribution in [2.24, 2.45) is 10.9 Å². The Labute approximate surface area is 117 Å². The van der Waals surface area contributed by atoms with E-state index in [-0.39, 0.29) is 5.84 Å². The van der Waals surface area contributed by atoms with E-state index in [1.165, 1.54) is 0 Å². The Hall–Kier alpha value is -1.30. The number of halogens is 1. The fourth-order valence-electron chi connectivity index (χ4n) is 2.06. The van der Waals surface area contributed by atoms with Crippen LogP contribution in [0.15, 0.2) is 23.4 Å². The molecule has 1 aromatic carbocycles. The molecule has 1 aliphatic rings. The number of hydrogen-bond donors (Lipinski definition) is 3. The number of amidine groups is 1. The second-order valence-electron chi connectivity index (χ2n) is 4.56. The van der Waals surface area contributed by atoms with Gasteiger partial charge in [0.2, 0.25) is 0 Å². The summed E-state index contributed by atoms with van der Waals surface area (Å²) in [5.74, 6) is 0.0610. The Morgan fingerprint density at radius 3 is 2.84 bits per heavy atom. The van der Waals surface area contributed by atoms with Gasteiger partial charge in [-0.3, -0.25) is 0 Å². The molecule has 1 heterocycles. The lowest BCUT2D eigenvalue weighted by Gasteiger charge is -2.23. The first-order chi connectivity index (χ1) is 9.20. The van der Waals surface area contributed by atoms with Crippen LogP contribution >= 0.6 is 11.6 Å². The number of benzene rings is 1. The molecular weight excluding hydrogens is 266 g/mol. The molecule has 0 bridgehead atoms. The van der Waals surface area contributed by atoms with E-state index in [1.54, 1.807) is 12.1 Å². The van der Waals surface area contributed by atoms with Gasteiger partial charge in [-0.2, -0.15) is 0 Å². The highest BCUT2D eigenvalue weighted by molar-refractivity contribution is 6.31. The predicted octanol–water partition coefficient (Wildman–Crippen LogP) is 1.70. The van der Waals surface area contributed by atoms with Crippen molar-refractivity contribution in [1.29, 1.82) is 0 Å². The Bertz CT molecular complexity index is 459. The third kappa shape index (κ3) is 3.83. The van der Waals surface area contributed by atoms with E-state index in [4.69, 9.17) is 27.3 Å². The van der Waals surface area contributed by atoms with Crippen LogP contribution in [0.3, 0.4) is 0 Å². The van der Waals surface area contributed by atoms with Gasteiger partial charge in [0.1, 0.15) is 0 Å². The van der Waals surface area contributed by atoms with Crippen molar-refractivity contribution in [3.63, 3.8) is 0 Å². The highest BCUT2D eigenvalue weighted by Crippen LogP contribution is 2.18. The fraction of sp³-hybridized carbons (Fsp3) is 0.462. The maximum absolute atomic E-state index is 8.62. The van der Waals surface area contributed by atoms with Crippen LogP contribution in [-0.2, 0) is 11.3 Å². The molecule has 0 saturated carbocycles.